The Morgan fingerprint density at radius 2 is 1.85 bits per heavy atom. The van der Waals surface area contributed by atoms with Crippen molar-refractivity contribution < 1.29 is 8.42 Å². The predicted octanol–water partition coefficient (Wildman–Crippen LogP) is 0.490. The molecule has 112 valence electrons. The molecule has 1 aromatic heterocycles. The van der Waals surface area contributed by atoms with Crippen molar-refractivity contribution in [2.75, 3.05) is 17.0 Å². The van der Waals surface area contributed by atoms with E-state index in [0.29, 0.717) is 19.0 Å². The maximum Gasteiger partial charge on any atom is 0.256 e. The summed E-state index contributed by atoms with van der Waals surface area (Å²) in [6.45, 7) is 4.38. The van der Waals surface area contributed by atoms with Crippen LogP contribution in [0.3, 0.4) is 0 Å². The minimum Gasteiger partial charge on any atom is -0.313 e. The number of rotatable bonds is 8. The van der Waals surface area contributed by atoms with Crippen molar-refractivity contribution in [3.05, 3.63) is 11.4 Å². The molecule has 20 heavy (non-hydrogen) atoms. The van der Waals surface area contributed by atoms with Crippen molar-refractivity contribution in [1.82, 2.24) is 20.5 Å². The van der Waals surface area contributed by atoms with Gasteiger partial charge in [0.25, 0.3) is 5.95 Å². The lowest BCUT2D eigenvalue weighted by Gasteiger charge is -2.09. The monoisotopic (exact) mass is 299 g/mol. The van der Waals surface area contributed by atoms with Gasteiger partial charge < -0.3 is 5.32 Å². The summed E-state index contributed by atoms with van der Waals surface area (Å²) in [5, 5.41) is 11.0. The average molecular weight is 299 g/mol. The Bertz CT molecular complexity index is 557. The van der Waals surface area contributed by atoms with Crippen LogP contribution in [0, 0.1) is 0 Å². The third kappa shape index (κ3) is 4.38. The molecule has 2 rings (SSSR count). The van der Waals surface area contributed by atoms with Crippen molar-refractivity contribution in [3.8, 4) is 0 Å². The highest BCUT2D eigenvalue weighted by Crippen LogP contribution is 2.18. The zero-order chi connectivity index (χ0) is 14.6. The quantitative estimate of drug-likeness (QED) is 0.725. The lowest BCUT2D eigenvalue weighted by molar-refractivity contribution is 0.595. The molecule has 0 aliphatic heterocycles. The standard InChI is InChI=1S/C12H21N5O2S/c1-3-10-11(4-2)15-16-12(14-10)17-20(18,19)8-7-13-9-5-6-9/h9,13H,3-8H2,1-2H3,(H,14,16,17). The summed E-state index contributed by atoms with van der Waals surface area (Å²) in [7, 11) is -3.42. The second-order valence-corrected chi connectivity index (χ2v) is 6.73. The molecule has 1 heterocycles. The van der Waals surface area contributed by atoms with Gasteiger partial charge in [0.15, 0.2) is 0 Å². The van der Waals surface area contributed by atoms with Crippen LogP contribution in [0.25, 0.3) is 0 Å². The van der Waals surface area contributed by atoms with Crippen molar-refractivity contribution in [1.29, 1.82) is 0 Å². The van der Waals surface area contributed by atoms with Gasteiger partial charge in [0, 0.05) is 12.6 Å². The Balaban J connectivity index is 1.96. The Hall–Kier alpha value is -1.28. The number of anilines is 1. The van der Waals surface area contributed by atoms with Gasteiger partial charge in [0.05, 0.1) is 17.1 Å². The van der Waals surface area contributed by atoms with E-state index in [4.69, 9.17) is 0 Å². The molecular weight excluding hydrogens is 278 g/mol. The van der Waals surface area contributed by atoms with Crippen molar-refractivity contribution in [2.24, 2.45) is 0 Å². The lowest BCUT2D eigenvalue weighted by Crippen LogP contribution is -2.28. The number of nitrogens with zero attached hydrogens (tertiary/aromatic N) is 3. The topological polar surface area (TPSA) is 96.9 Å². The molecular formula is C12H21N5O2S. The van der Waals surface area contributed by atoms with Gasteiger partial charge in [0.1, 0.15) is 0 Å². The highest BCUT2D eigenvalue weighted by molar-refractivity contribution is 7.92. The molecule has 1 saturated carbocycles. The number of hydrogen-bond donors (Lipinski definition) is 2. The van der Waals surface area contributed by atoms with Crippen LogP contribution in [-0.4, -0.2) is 41.9 Å². The van der Waals surface area contributed by atoms with Crippen molar-refractivity contribution in [3.63, 3.8) is 0 Å². The first-order valence-electron chi connectivity index (χ1n) is 7.00. The largest absolute Gasteiger partial charge is 0.313 e. The van der Waals surface area contributed by atoms with Crippen LogP contribution in [0.2, 0.25) is 0 Å². The summed E-state index contributed by atoms with van der Waals surface area (Å²) in [6.07, 6.45) is 3.72. The van der Waals surface area contributed by atoms with E-state index in [1.807, 2.05) is 13.8 Å². The van der Waals surface area contributed by atoms with Gasteiger partial charge in [-0.25, -0.2) is 18.1 Å². The van der Waals surface area contributed by atoms with E-state index in [0.717, 1.165) is 30.7 Å². The first kappa shape index (κ1) is 15.1. The normalized spacial score (nSPS) is 15.3. The Labute approximate surface area is 119 Å². The van der Waals surface area contributed by atoms with Gasteiger partial charge in [-0.1, -0.05) is 13.8 Å². The van der Waals surface area contributed by atoms with E-state index >= 15 is 0 Å². The SMILES string of the molecule is CCc1nnc(NS(=O)(=O)CCNC2CC2)nc1CC. The fourth-order valence-electron chi connectivity index (χ4n) is 1.86. The fraction of sp³-hybridized carbons (Fsp3) is 0.750. The smallest absolute Gasteiger partial charge is 0.256 e. The van der Waals surface area contributed by atoms with E-state index in [9.17, 15) is 8.42 Å². The van der Waals surface area contributed by atoms with Crippen molar-refractivity contribution in [2.45, 2.75) is 45.6 Å². The van der Waals surface area contributed by atoms with E-state index in [1.54, 1.807) is 0 Å². The molecule has 1 aliphatic carbocycles. The molecule has 1 aliphatic rings. The minimum atomic E-state index is -3.42. The zero-order valence-corrected chi connectivity index (χ0v) is 12.7. The summed E-state index contributed by atoms with van der Waals surface area (Å²) in [4.78, 5) is 4.22. The van der Waals surface area contributed by atoms with Gasteiger partial charge >= 0.3 is 0 Å². The van der Waals surface area contributed by atoms with Gasteiger partial charge in [-0.05, 0) is 25.7 Å². The number of aromatic nitrogens is 3. The lowest BCUT2D eigenvalue weighted by atomic mass is 10.2. The molecule has 8 heteroatoms. The molecule has 7 nitrogen and oxygen atoms in total. The van der Waals surface area contributed by atoms with Crippen LogP contribution < -0.4 is 10.0 Å². The zero-order valence-electron chi connectivity index (χ0n) is 11.9. The van der Waals surface area contributed by atoms with E-state index in [-0.39, 0.29) is 11.7 Å². The average Bonchev–Trinajstić information content (AvgIpc) is 3.22. The number of hydrogen-bond acceptors (Lipinski definition) is 6. The molecule has 2 N–H and O–H groups in total. The first-order chi connectivity index (χ1) is 9.54. The Morgan fingerprint density at radius 3 is 2.45 bits per heavy atom. The molecule has 0 bridgehead atoms. The Morgan fingerprint density at radius 1 is 1.15 bits per heavy atom. The van der Waals surface area contributed by atoms with E-state index in [1.165, 1.54) is 0 Å². The van der Waals surface area contributed by atoms with E-state index in [2.05, 4.69) is 25.2 Å². The molecule has 0 unspecified atom stereocenters. The molecule has 0 atom stereocenters. The molecule has 1 aromatic rings. The van der Waals surface area contributed by atoms with Crippen LogP contribution in [-0.2, 0) is 22.9 Å². The first-order valence-corrected chi connectivity index (χ1v) is 8.65. The highest BCUT2D eigenvalue weighted by atomic mass is 32.2. The second-order valence-electron chi connectivity index (χ2n) is 4.89. The summed E-state index contributed by atoms with van der Waals surface area (Å²) in [6, 6.07) is 0.499. The number of sulfonamides is 1. The minimum absolute atomic E-state index is 0.0177. The molecule has 0 aromatic carbocycles. The van der Waals surface area contributed by atoms with Crippen LogP contribution in [0.4, 0.5) is 5.95 Å². The van der Waals surface area contributed by atoms with Gasteiger partial charge in [-0.15, -0.1) is 10.2 Å². The molecule has 0 saturated heterocycles. The van der Waals surface area contributed by atoms with Gasteiger partial charge in [0.2, 0.25) is 10.0 Å². The third-order valence-corrected chi connectivity index (χ3v) is 4.37. The Kier molecular flexibility index (Phi) is 4.87. The fourth-order valence-corrected chi connectivity index (χ4v) is 2.71. The second kappa shape index (κ2) is 6.45. The van der Waals surface area contributed by atoms with Gasteiger partial charge in [-0.3, -0.25) is 0 Å². The summed E-state index contributed by atoms with van der Waals surface area (Å²) in [5.41, 5.74) is 1.60. The van der Waals surface area contributed by atoms with Crippen LogP contribution in [0.15, 0.2) is 0 Å². The van der Waals surface area contributed by atoms with Crippen molar-refractivity contribution >= 4 is 16.0 Å². The number of aryl methyl sites for hydroxylation is 2. The maximum absolute atomic E-state index is 11.9. The number of nitrogens with one attached hydrogen (secondary N) is 2. The van der Waals surface area contributed by atoms with Gasteiger partial charge in [-0.2, -0.15) is 0 Å². The highest BCUT2D eigenvalue weighted by Gasteiger charge is 2.21. The van der Waals surface area contributed by atoms with Crippen LogP contribution >= 0.6 is 0 Å². The molecule has 0 radical (unpaired) electrons. The molecule has 0 amide bonds. The van der Waals surface area contributed by atoms with Crippen LogP contribution in [0.5, 0.6) is 0 Å². The third-order valence-electron chi connectivity index (χ3n) is 3.14. The maximum atomic E-state index is 11.9. The summed E-state index contributed by atoms with van der Waals surface area (Å²) in [5.74, 6) is 0.0783. The molecule has 1 fully saturated rings. The van der Waals surface area contributed by atoms with Crippen LogP contribution in [0.1, 0.15) is 38.1 Å². The molecule has 0 spiro atoms. The summed E-state index contributed by atoms with van der Waals surface area (Å²) < 4.78 is 26.2. The predicted molar refractivity (Wildman–Crippen MR) is 77.0 cm³/mol. The summed E-state index contributed by atoms with van der Waals surface area (Å²) >= 11 is 0. The van der Waals surface area contributed by atoms with E-state index < -0.39 is 10.0 Å².